The molecule has 1 aromatic heterocycles. The van der Waals surface area contributed by atoms with Crippen LogP contribution in [0.25, 0.3) is 0 Å². The van der Waals surface area contributed by atoms with Crippen molar-refractivity contribution >= 4 is 11.4 Å². The first-order valence-electron chi connectivity index (χ1n) is 7.55. The molecule has 1 aliphatic rings. The number of anilines is 1. The summed E-state index contributed by atoms with van der Waals surface area (Å²) in [5.74, 6) is 1.99. The Balaban J connectivity index is 1.73. The number of nitro benzene ring substituents is 1. The molecular formula is C15H19N5O2. The normalized spacial score (nSPS) is 14.2. The largest absolute Gasteiger partial charge is 0.378 e. The molecule has 7 heteroatoms. The Morgan fingerprint density at radius 2 is 2.18 bits per heavy atom. The van der Waals surface area contributed by atoms with Gasteiger partial charge in [-0.3, -0.25) is 10.1 Å². The van der Waals surface area contributed by atoms with Gasteiger partial charge in [-0.05, 0) is 31.4 Å². The van der Waals surface area contributed by atoms with Crippen molar-refractivity contribution in [3.8, 4) is 0 Å². The smallest absolute Gasteiger partial charge is 0.269 e. The summed E-state index contributed by atoms with van der Waals surface area (Å²) in [6.45, 7) is 3.41. The minimum absolute atomic E-state index is 0.111. The molecule has 116 valence electrons. The van der Waals surface area contributed by atoms with Crippen LogP contribution in [0.4, 0.5) is 11.4 Å². The summed E-state index contributed by atoms with van der Waals surface area (Å²) in [5, 5.41) is 22.6. The Bertz CT molecular complexity index is 695. The number of fused-ring (bicyclic) bond motifs is 1. The van der Waals surface area contributed by atoms with Gasteiger partial charge in [0.1, 0.15) is 5.82 Å². The second-order valence-corrected chi connectivity index (χ2v) is 5.60. The molecule has 0 amide bonds. The highest BCUT2D eigenvalue weighted by molar-refractivity contribution is 5.55. The summed E-state index contributed by atoms with van der Waals surface area (Å²) in [7, 11) is 0. The molecule has 3 rings (SSSR count). The highest BCUT2D eigenvalue weighted by Gasteiger charge is 2.15. The van der Waals surface area contributed by atoms with Crippen molar-refractivity contribution < 1.29 is 4.92 Å². The number of hydrogen-bond acceptors (Lipinski definition) is 5. The molecule has 0 bridgehead atoms. The van der Waals surface area contributed by atoms with Gasteiger partial charge in [0.25, 0.3) is 5.69 Å². The molecule has 1 N–H and O–H groups in total. The van der Waals surface area contributed by atoms with Crippen molar-refractivity contribution in [3.05, 3.63) is 45.5 Å². The monoisotopic (exact) mass is 301 g/mol. The fourth-order valence-corrected chi connectivity index (χ4v) is 2.81. The molecule has 7 nitrogen and oxygen atoms in total. The van der Waals surface area contributed by atoms with Gasteiger partial charge in [0.05, 0.1) is 11.5 Å². The summed E-state index contributed by atoms with van der Waals surface area (Å²) in [6, 6.07) is 4.83. The Kier molecular flexibility index (Phi) is 4.04. The standard InChI is InChI=1S/C15H19N5O2/c1-11-9-12(20(21)22)6-7-13(11)16-10-15-18-17-14-5-3-2-4-8-19(14)15/h6-7,9,16H,2-5,8,10H2,1H3. The number of nitrogens with zero attached hydrogens (tertiary/aromatic N) is 4. The zero-order chi connectivity index (χ0) is 15.5. The lowest BCUT2D eigenvalue weighted by Crippen LogP contribution is -2.10. The second-order valence-electron chi connectivity index (χ2n) is 5.60. The van der Waals surface area contributed by atoms with Crippen LogP contribution in [0.1, 0.15) is 36.5 Å². The molecule has 0 atom stereocenters. The Morgan fingerprint density at radius 1 is 1.32 bits per heavy atom. The maximum atomic E-state index is 10.8. The number of nitrogens with one attached hydrogen (secondary N) is 1. The molecule has 0 unspecified atom stereocenters. The zero-order valence-corrected chi connectivity index (χ0v) is 12.6. The van der Waals surface area contributed by atoms with Gasteiger partial charge in [-0.25, -0.2) is 0 Å². The molecule has 1 aromatic carbocycles. The van der Waals surface area contributed by atoms with Crippen LogP contribution in [0.15, 0.2) is 18.2 Å². The predicted molar refractivity (Wildman–Crippen MR) is 82.7 cm³/mol. The van der Waals surface area contributed by atoms with Crippen molar-refractivity contribution in [3.63, 3.8) is 0 Å². The van der Waals surface area contributed by atoms with Crippen molar-refractivity contribution in [2.24, 2.45) is 0 Å². The van der Waals surface area contributed by atoms with E-state index in [0.29, 0.717) is 6.54 Å². The van der Waals surface area contributed by atoms with Crippen molar-refractivity contribution in [2.75, 3.05) is 5.32 Å². The minimum Gasteiger partial charge on any atom is -0.378 e. The van der Waals surface area contributed by atoms with Crippen molar-refractivity contribution in [2.45, 2.75) is 45.7 Å². The number of rotatable bonds is 4. The third-order valence-corrected chi connectivity index (χ3v) is 4.04. The molecule has 22 heavy (non-hydrogen) atoms. The lowest BCUT2D eigenvalue weighted by molar-refractivity contribution is -0.384. The van der Waals surface area contributed by atoms with Gasteiger partial charge >= 0.3 is 0 Å². The molecule has 1 aliphatic heterocycles. The van der Waals surface area contributed by atoms with E-state index >= 15 is 0 Å². The first-order valence-corrected chi connectivity index (χ1v) is 7.55. The molecule has 0 saturated carbocycles. The van der Waals surface area contributed by atoms with E-state index in [1.807, 2.05) is 6.92 Å². The molecule has 0 radical (unpaired) electrons. The number of nitro groups is 1. The maximum absolute atomic E-state index is 10.8. The van der Waals surface area contributed by atoms with Crippen molar-refractivity contribution in [1.29, 1.82) is 0 Å². The highest BCUT2D eigenvalue weighted by atomic mass is 16.6. The topological polar surface area (TPSA) is 85.9 Å². The first-order chi connectivity index (χ1) is 10.6. The summed E-state index contributed by atoms with van der Waals surface area (Å²) in [6.07, 6.45) is 4.56. The summed E-state index contributed by atoms with van der Waals surface area (Å²) >= 11 is 0. The maximum Gasteiger partial charge on any atom is 0.269 e. The number of benzene rings is 1. The van der Waals surface area contributed by atoms with Crippen LogP contribution in [0.5, 0.6) is 0 Å². The summed E-state index contributed by atoms with van der Waals surface area (Å²) in [5.41, 5.74) is 1.85. The molecule has 0 aliphatic carbocycles. The van der Waals surface area contributed by atoms with Gasteiger partial charge < -0.3 is 9.88 Å². The fraction of sp³-hybridized carbons (Fsp3) is 0.467. The van der Waals surface area contributed by atoms with Gasteiger partial charge in [0, 0.05) is 30.8 Å². The SMILES string of the molecule is Cc1cc([N+](=O)[O-])ccc1NCc1nnc2n1CCCCC2. The van der Waals surface area contributed by atoms with Crippen LogP contribution in [0, 0.1) is 17.0 Å². The molecule has 0 fully saturated rings. The van der Waals surface area contributed by atoms with Crippen molar-refractivity contribution in [1.82, 2.24) is 14.8 Å². The predicted octanol–water partition coefficient (Wildman–Crippen LogP) is 2.83. The van der Waals surface area contributed by atoms with E-state index in [2.05, 4.69) is 20.1 Å². The van der Waals surface area contributed by atoms with Gasteiger partial charge in [-0.1, -0.05) is 6.42 Å². The third-order valence-electron chi connectivity index (χ3n) is 4.04. The van der Waals surface area contributed by atoms with Gasteiger partial charge in [-0.15, -0.1) is 10.2 Å². The van der Waals surface area contributed by atoms with E-state index in [1.54, 1.807) is 12.1 Å². The quantitative estimate of drug-likeness (QED) is 0.693. The van der Waals surface area contributed by atoms with E-state index in [4.69, 9.17) is 0 Å². The van der Waals surface area contributed by atoms with E-state index in [9.17, 15) is 10.1 Å². The minimum atomic E-state index is -0.380. The van der Waals surface area contributed by atoms with Crippen LogP contribution in [0.2, 0.25) is 0 Å². The average molecular weight is 301 g/mol. The van der Waals surface area contributed by atoms with E-state index in [1.165, 1.54) is 18.9 Å². The van der Waals surface area contributed by atoms with Crippen LogP contribution in [-0.2, 0) is 19.5 Å². The fourth-order valence-electron chi connectivity index (χ4n) is 2.81. The van der Waals surface area contributed by atoms with Crippen LogP contribution >= 0.6 is 0 Å². The number of hydrogen-bond donors (Lipinski definition) is 1. The van der Waals surface area contributed by atoms with Gasteiger partial charge in [0.2, 0.25) is 0 Å². The number of aromatic nitrogens is 3. The van der Waals surface area contributed by atoms with Gasteiger partial charge in [0.15, 0.2) is 5.82 Å². The van der Waals surface area contributed by atoms with E-state index < -0.39 is 0 Å². The Hall–Kier alpha value is -2.44. The Labute approximate surface area is 128 Å². The summed E-state index contributed by atoms with van der Waals surface area (Å²) < 4.78 is 2.20. The first kappa shape index (κ1) is 14.5. The van der Waals surface area contributed by atoms with Gasteiger partial charge in [-0.2, -0.15) is 0 Å². The lowest BCUT2D eigenvalue weighted by Gasteiger charge is -2.10. The van der Waals surface area contributed by atoms with Crippen LogP contribution < -0.4 is 5.32 Å². The Morgan fingerprint density at radius 3 is 2.95 bits per heavy atom. The zero-order valence-electron chi connectivity index (χ0n) is 12.6. The number of aryl methyl sites for hydroxylation is 2. The molecule has 0 saturated heterocycles. The highest BCUT2D eigenvalue weighted by Crippen LogP contribution is 2.22. The molecule has 0 spiro atoms. The molecule has 2 heterocycles. The van der Waals surface area contributed by atoms with E-state index in [-0.39, 0.29) is 10.6 Å². The second kappa shape index (κ2) is 6.13. The van der Waals surface area contributed by atoms with Crippen LogP contribution in [-0.4, -0.2) is 19.7 Å². The lowest BCUT2D eigenvalue weighted by atomic mass is 10.2. The average Bonchev–Trinajstić information content (AvgIpc) is 2.73. The van der Waals surface area contributed by atoms with E-state index in [0.717, 1.165) is 42.3 Å². The molecular weight excluding hydrogens is 282 g/mol. The van der Waals surface area contributed by atoms with Crippen LogP contribution in [0.3, 0.4) is 0 Å². The number of non-ortho nitro benzene ring substituents is 1. The summed E-state index contributed by atoms with van der Waals surface area (Å²) in [4.78, 5) is 10.4. The molecule has 2 aromatic rings. The third kappa shape index (κ3) is 2.93.